The fraction of sp³-hybridized carbons (Fsp3) is 0.300. The van der Waals surface area contributed by atoms with Gasteiger partial charge in [0.15, 0.2) is 5.13 Å². The number of anilines is 1. The van der Waals surface area contributed by atoms with Crippen molar-refractivity contribution in [1.29, 1.82) is 0 Å². The maximum Gasteiger partial charge on any atom is 0.261 e. The second-order valence-electron chi connectivity index (χ2n) is 6.19. The van der Waals surface area contributed by atoms with E-state index < -0.39 is 0 Å². The normalized spacial score (nSPS) is 11.4. The molecule has 1 aromatic heterocycles. The average Bonchev–Trinajstić information content (AvgIpc) is 3.12. The fourth-order valence-electron chi connectivity index (χ4n) is 2.89. The lowest BCUT2D eigenvalue weighted by Gasteiger charge is -2.25. The van der Waals surface area contributed by atoms with Crippen LogP contribution in [0.15, 0.2) is 36.4 Å². The number of aromatic nitrogens is 1. The molecule has 148 valence electrons. The van der Waals surface area contributed by atoms with E-state index in [-0.39, 0.29) is 5.91 Å². The Balaban J connectivity index is 2.01. The van der Waals surface area contributed by atoms with E-state index in [1.807, 2.05) is 12.1 Å². The molecule has 28 heavy (non-hydrogen) atoms. The summed E-state index contributed by atoms with van der Waals surface area (Å²) in [5, 5.41) is 1.98. The number of carbonyl (C=O) groups is 1. The largest absolute Gasteiger partial charge is 0.302 e. The molecule has 0 atom stereocenters. The molecule has 0 saturated heterocycles. The summed E-state index contributed by atoms with van der Waals surface area (Å²) in [6.07, 6.45) is 0. The van der Waals surface area contributed by atoms with Crippen LogP contribution in [-0.2, 0) is 0 Å². The third-order valence-corrected chi connectivity index (χ3v) is 6.44. The number of hydrogen-bond acceptors (Lipinski definition) is 4. The molecule has 2 aromatic carbocycles. The molecule has 0 fully saturated rings. The number of halogens is 3. The number of rotatable bonds is 7. The summed E-state index contributed by atoms with van der Waals surface area (Å²) >= 11 is 20.1. The Bertz CT molecular complexity index is 988. The van der Waals surface area contributed by atoms with Crippen molar-refractivity contribution < 1.29 is 4.79 Å². The van der Waals surface area contributed by atoms with E-state index in [0.29, 0.717) is 37.8 Å². The Morgan fingerprint density at radius 1 is 1.04 bits per heavy atom. The van der Waals surface area contributed by atoms with Crippen LogP contribution in [0, 0.1) is 0 Å². The Morgan fingerprint density at radius 3 is 2.46 bits per heavy atom. The SMILES string of the molecule is CCN(CC)CCN(C(=O)c1cc(Cl)ccc1Cl)c1nc2c(Cl)cccc2s1. The number of likely N-dealkylation sites (N-methyl/N-ethyl adjacent to an activating group) is 1. The summed E-state index contributed by atoms with van der Waals surface area (Å²) in [6, 6.07) is 10.5. The molecular formula is C20H20Cl3N3OS. The van der Waals surface area contributed by atoms with Gasteiger partial charge >= 0.3 is 0 Å². The van der Waals surface area contributed by atoms with Gasteiger partial charge in [0.2, 0.25) is 0 Å². The van der Waals surface area contributed by atoms with Gasteiger partial charge in [-0.05, 0) is 43.4 Å². The monoisotopic (exact) mass is 455 g/mol. The van der Waals surface area contributed by atoms with E-state index >= 15 is 0 Å². The van der Waals surface area contributed by atoms with Crippen LogP contribution in [0.2, 0.25) is 15.1 Å². The van der Waals surface area contributed by atoms with Gasteiger partial charge in [0, 0.05) is 18.1 Å². The number of nitrogens with zero attached hydrogens (tertiary/aromatic N) is 3. The van der Waals surface area contributed by atoms with Gasteiger partial charge in [-0.3, -0.25) is 9.69 Å². The van der Waals surface area contributed by atoms with Crippen molar-refractivity contribution in [3.8, 4) is 0 Å². The van der Waals surface area contributed by atoms with E-state index in [1.54, 1.807) is 29.2 Å². The zero-order valence-electron chi connectivity index (χ0n) is 15.6. The van der Waals surface area contributed by atoms with Crippen LogP contribution in [0.4, 0.5) is 5.13 Å². The summed E-state index contributed by atoms with van der Waals surface area (Å²) in [6.45, 7) is 7.22. The number of hydrogen-bond donors (Lipinski definition) is 0. The molecule has 8 heteroatoms. The molecule has 0 N–H and O–H groups in total. The number of fused-ring (bicyclic) bond motifs is 1. The smallest absolute Gasteiger partial charge is 0.261 e. The van der Waals surface area contributed by atoms with Crippen LogP contribution in [0.5, 0.6) is 0 Å². The highest BCUT2D eigenvalue weighted by molar-refractivity contribution is 7.22. The quantitative estimate of drug-likeness (QED) is 0.422. The third kappa shape index (κ3) is 4.61. The zero-order valence-corrected chi connectivity index (χ0v) is 18.7. The van der Waals surface area contributed by atoms with Gasteiger partial charge in [-0.1, -0.05) is 66.1 Å². The lowest BCUT2D eigenvalue weighted by Crippen LogP contribution is -2.39. The van der Waals surface area contributed by atoms with Crippen LogP contribution in [0.3, 0.4) is 0 Å². The first-order valence-corrected chi connectivity index (χ1v) is 10.9. The van der Waals surface area contributed by atoms with Gasteiger partial charge in [-0.25, -0.2) is 4.98 Å². The molecule has 0 aliphatic rings. The van der Waals surface area contributed by atoms with E-state index in [9.17, 15) is 4.79 Å². The second kappa shape index (κ2) is 9.42. The van der Waals surface area contributed by atoms with Crippen LogP contribution >= 0.6 is 46.1 Å². The highest BCUT2D eigenvalue weighted by Crippen LogP contribution is 2.34. The topological polar surface area (TPSA) is 36.4 Å². The van der Waals surface area contributed by atoms with Gasteiger partial charge in [-0.15, -0.1) is 0 Å². The van der Waals surface area contributed by atoms with Crippen LogP contribution in [-0.4, -0.2) is 42.0 Å². The first-order valence-electron chi connectivity index (χ1n) is 8.98. The molecule has 0 bridgehead atoms. The molecule has 0 unspecified atom stereocenters. The van der Waals surface area contributed by atoms with Crippen molar-refractivity contribution >= 4 is 67.4 Å². The minimum atomic E-state index is -0.227. The number of para-hydroxylation sites is 1. The molecule has 0 radical (unpaired) electrons. The molecule has 0 spiro atoms. The lowest BCUT2D eigenvalue weighted by molar-refractivity contribution is 0.0984. The molecule has 4 nitrogen and oxygen atoms in total. The highest BCUT2D eigenvalue weighted by atomic mass is 35.5. The molecular weight excluding hydrogens is 437 g/mol. The van der Waals surface area contributed by atoms with E-state index in [4.69, 9.17) is 34.8 Å². The van der Waals surface area contributed by atoms with E-state index in [2.05, 4.69) is 23.7 Å². The van der Waals surface area contributed by atoms with Crippen molar-refractivity contribution in [3.05, 3.63) is 57.0 Å². The summed E-state index contributed by atoms with van der Waals surface area (Å²) < 4.78 is 0.931. The lowest BCUT2D eigenvalue weighted by atomic mass is 10.2. The third-order valence-electron chi connectivity index (χ3n) is 4.53. The first-order chi connectivity index (χ1) is 13.4. The summed E-state index contributed by atoms with van der Waals surface area (Å²) in [4.78, 5) is 21.9. The summed E-state index contributed by atoms with van der Waals surface area (Å²) in [5.74, 6) is -0.227. The van der Waals surface area contributed by atoms with Gasteiger partial charge < -0.3 is 4.90 Å². The number of carbonyl (C=O) groups excluding carboxylic acids is 1. The van der Waals surface area contributed by atoms with Crippen molar-refractivity contribution in [1.82, 2.24) is 9.88 Å². The molecule has 0 saturated carbocycles. The molecule has 0 aliphatic heterocycles. The van der Waals surface area contributed by atoms with Crippen LogP contribution in [0.1, 0.15) is 24.2 Å². The second-order valence-corrected chi connectivity index (χ2v) is 8.45. The maximum absolute atomic E-state index is 13.4. The maximum atomic E-state index is 13.4. The van der Waals surface area contributed by atoms with Gasteiger partial charge in [0.1, 0.15) is 5.52 Å². The van der Waals surface area contributed by atoms with Crippen molar-refractivity contribution in [2.45, 2.75) is 13.8 Å². The minimum absolute atomic E-state index is 0.227. The Labute approximate surface area is 183 Å². The van der Waals surface area contributed by atoms with Gasteiger partial charge in [0.05, 0.1) is 20.3 Å². The van der Waals surface area contributed by atoms with Crippen molar-refractivity contribution in [2.24, 2.45) is 0 Å². The summed E-state index contributed by atoms with van der Waals surface area (Å²) in [7, 11) is 0. The van der Waals surface area contributed by atoms with Crippen molar-refractivity contribution in [3.63, 3.8) is 0 Å². The first kappa shape index (κ1) is 21.3. The number of benzene rings is 2. The predicted molar refractivity (Wildman–Crippen MR) is 121 cm³/mol. The zero-order chi connectivity index (χ0) is 20.3. The van der Waals surface area contributed by atoms with Gasteiger partial charge in [0.25, 0.3) is 5.91 Å². The molecule has 3 rings (SSSR count). The highest BCUT2D eigenvalue weighted by Gasteiger charge is 2.24. The van der Waals surface area contributed by atoms with E-state index in [1.165, 1.54) is 11.3 Å². The minimum Gasteiger partial charge on any atom is -0.302 e. The van der Waals surface area contributed by atoms with Crippen molar-refractivity contribution in [2.75, 3.05) is 31.1 Å². The predicted octanol–water partition coefficient (Wildman–Crippen LogP) is 6.25. The number of thiazole rings is 1. The molecule has 0 aliphatic carbocycles. The number of amides is 1. The average molecular weight is 457 g/mol. The van der Waals surface area contributed by atoms with E-state index in [0.717, 1.165) is 24.3 Å². The summed E-state index contributed by atoms with van der Waals surface area (Å²) in [5.41, 5.74) is 1.06. The van der Waals surface area contributed by atoms with Crippen LogP contribution < -0.4 is 4.90 Å². The molecule has 1 heterocycles. The Hall–Kier alpha value is -1.37. The molecule has 3 aromatic rings. The van der Waals surface area contributed by atoms with Gasteiger partial charge in [-0.2, -0.15) is 0 Å². The Kier molecular flexibility index (Phi) is 7.18. The molecule has 1 amide bonds. The fourth-order valence-corrected chi connectivity index (χ4v) is 4.55. The standard InChI is InChI=1S/C20H20Cl3N3OS/c1-3-25(4-2)10-11-26(19(27)14-12-13(21)8-9-15(14)22)20-24-18-16(23)6-5-7-17(18)28-20/h5-9,12H,3-4,10-11H2,1-2H3. The van der Waals surface area contributed by atoms with Crippen LogP contribution in [0.25, 0.3) is 10.2 Å². The Morgan fingerprint density at radius 2 is 1.79 bits per heavy atom.